The molecule has 8 heteroatoms. The molecule has 2 aliphatic rings. The Kier molecular flexibility index (Phi) is 5.16. The normalized spacial score (nSPS) is 27.8. The summed E-state index contributed by atoms with van der Waals surface area (Å²) in [5.74, 6) is -0.976. The van der Waals surface area contributed by atoms with Gasteiger partial charge in [-0.3, -0.25) is 9.69 Å². The Bertz CT molecular complexity index is 667. The number of carboxylic acids is 1. The highest BCUT2D eigenvalue weighted by Gasteiger charge is 2.52. The molecule has 3 rings (SSSR count). The lowest BCUT2D eigenvalue weighted by Crippen LogP contribution is -2.62. The van der Waals surface area contributed by atoms with Gasteiger partial charge in [-0.25, -0.2) is 0 Å². The van der Waals surface area contributed by atoms with Gasteiger partial charge in [0.25, 0.3) is 0 Å². The molecule has 0 amide bonds. The number of benzene rings is 1. The average molecular weight is 372 g/mol. The standard InChI is InChI=1S/C18H23F3N2O3/c1-22-8-3-6-17(16(24)25)7-9-23(12-15(17)22)11-13-4-2-5-14(10-13)26-18(19,20)21/h2,4-5,10,15H,3,6-9,11-12H2,1H3,(H,24,25)/t15-,17+/m1/s1. The number of aliphatic carboxylic acids is 1. The van der Waals surface area contributed by atoms with E-state index >= 15 is 0 Å². The predicted octanol–water partition coefficient (Wildman–Crippen LogP) is 2.96. The van der Waals surface area contributed by atoms with E-state index in [0.29, 0.717) is 38.0 Å². The molecule has 2 heterocycles. The molecule has 144 valence electrons. The molecule has 0 spiro atoms. The van der Waals surface area contributed by atoms with E-state index in [4.69, 9.17) is 0 Å². The van der Waals surface area contributed by atoms with Gasteiger partial charge >= 0.3 is 12.3 Å². The van der Waals surface area contributed by atoms with Crippen LogP contribution in [0.15, 0.2) is 24.3 Å². The van der Waals surface area contributed by atoms with Gasteiger partial charge in [0.15, 0.2) is 0 Å². The number of carbonyl (C=O) groups is 1. The largest absolute Gasteiger partial charge is 0.573 e. The summed E-state index contributed by atoms with van der Waals surface area (Å²) >= 11 is 0. The maximum atomic E-state index is 12.4. The molecule has 2 aliphatic heterocycles. The second kappa shape index (κ2) is 7.08. The first kappa shape index (κ1) is 19.0. The average Bonchev–Trinajstić information content (AvgIpc) is 2.54. The molecule has 26 heavy (non-hydrogen) atoms. The first-order chi connectivity index (χ1) is 12.2. The molecular formula is C18H23F3N2O3. The molecule has 0 aliphatic carbocycles. The van der Waals surface area contributed by atoms with Crippen LogP contribution in [0.25, 0.3) is 0 Å². The van der Waals surface area contributed by atoms with Crippen molar-refractivity contribution in [2.75, 3.05) is 26.7 Å². The molecule has 2 saturated heterocycles. The zero-order valence-corrected chi connectivity index (χ0v) is 14.6. The van der Waals surface area contributed by atoms with Gasteiger partial charge in [0.2, 0.25) is 0 Å². The lowest BCUT2D eigenvalue weighted by Gasteiger charge is -2.51. The first-order valence-corrected chi connectivity index (χ1v) is 8.70. The van der Waals surface area contributed by atoms with Crippen LogP contribution in [0, 0.1) is 5.41 Å². The second-order valence-corrected chi connectivity index (χ2v) is 7.24. The van der Waals surface area contributed by atoms with Crippen molar-refractivity contribution in [1.29, 1.82) is 0 Å². The SMILES string of the molecule is CN1CCC[C@]2(C(=O)O)CCN(Cc3cccc(OC(F)(F)F)c3)C[C@@H]12. The van der Waals surface area contributed by atoms with E-state index in [1.54, 1.807) is 6.07 Å². The number of rotatable bonds is 4. The molecule has 1 N–H and O–H groups in total. The summed E-state index contributed by atoms with van der Waals surface area (Å²) in [6.07, 6.45) is -2.61. The third kappa shape index (κ3) is 3.96. The molecule has 2 atom stereocenters. The minimum absolute atomic E-state index is 0.0860. The maximum Gasteiger partial charge on any atom is 0.573 e. The Balaban J connectivity index is 1.71. The number of halogens is 3. The molecule has 1 aromatic carbocycles. The fourth-order valence-electron chi connectivity index (χ4n) is 4.29. The Morgan fingerprint density at radius 3 is 2.81 bits per heavy atom. The van der Waals surface area contributed by atoms with Crippen molar-refractivity contribution >= 4 is 5.97 Å². The van der Waals surface area contributed by atoms with E-state index in [0.717, 1.165) is 13.0 Å². The van der Waals surface area contributed by atoms with Crippen molar-refractivity contribution in [2.24, 2.45) is 5.41 Å². The predicted molar refractivity (Wildman–Crippen MR) is 88.7 cm³/mol. The molecule has 0 saturated carbocycles. The number of hydrogen-bond acceptors (Lipinski definition) is 4. The number of nitrogens with zero attached hydrogens (tertiary/aromatic N) is 2. The number of hydrogen-bond donors (Lipinski definition) is 1. The summed E-state index contributed by atoms with van der Waals surface area (Å²) in [5, 5.41) is 9.79. The summed E-state index contributed by atoms with van der Waals surface area (Å²) in [5.41, 5.74) is -0.00174. The molecule has 0 bridgehead atoms. The van der Waals surface area contributed by atoms with Gasteiger partial charge in [-0.1, -0.05) is 12.1 Å². The smallest absolute Gasteiger partial charge is 0.481 e. The van der Waals surface area contributed by atoms with Crippen LogP contribution in [0.1, 0.15) is 24.8 Å². The topological polar surface area (TPSA) is 53.0 Å². The molecule has 0 aromatic heterocycles. The molecule has 5 nitrogen and oxygen atoms in total. The van der Waals surface area contributed by atoms with E-state index in [2.05, 4.69) is 14.5 Å². The zero-order chi connectivity index (χ0) is 18.9. The highest BCUT2D eigenvalue weighted by Crippen LogP contribution is 2.42. The van der Waals surface area contributed by atoms with E-state index in [1.807, 2.05) is 7.05 Å². The van der Waals surface area contributed by atoms with Crippen molar-refractivity contribution in [3.8, 4) is 5.75 Å². The molecule has 2 fully saturated rings. The molecular weight excluding hydrogens is 349 g/mol. The van der Waals surface area contributed by atoms with E-state index < -0.39 is 17.7 Å². The first-order valence-electron chi connectivity index (χ1n) is 8.70. The van der Waals surface area contributed by atoms with Crippen LogP contribution in [0.5, 0.6) is 5.75 Å². The number of likely N-dealkylation sites (N-methyl/N-ethyl adjacent to an activating group) is 1. The molecule has 1 aromatic rings. The maximum absolute atomic E-state index is 12.4. The van der Waals surface area contributed by atoms with Gasteiger partial charge in [-0.2, -0.15) is 0 Å². The third-order valence-corrected chi connectivity index (χ3v) is 5.57. The van der Waals surface area contributed by atoms with Crippen LogP contribution < -0.4 is 4.74 Å². The quantitative estimate of drug-likeness (QED) is 0.881. The van der Waals surface area contributed by atoms with Crippen LogP contribution in [-0.4, -0.2) is 60.0 Å². The van der Waals surface area contributed by atoms with Crippen molar-refractivity contribution in [3.63, 3.8) is 0 Å². The highest BCUT2D eigenvalue weighted by molar-refractivity contribution is 5.76. The van der Waals surface area contributed by atoms with E-state index in [1.165, 1.54) is 18.2 Å². The van der Waals surface area contributed by atoms with E-state index in [-0.39, 0.29) is 11.8 Å². The minimum atomic E-state index is -4.71. The molecule has 0 radical (unpaired) electrons. The lowest BCUT2D eigenvalue weighted by atomic mass is 9.68. The highest BCUT2D eigenvalue weighted by atomic mass is 19.4. The Morgan fingerprint density at radius 2 is 2.12 bits per heavy atom. The number of likely N-dealkylation sites (tertiary alicyclic amines) is 2. The third-order valence-electron chi connectivity index (χ3n) is 5.57. The summed E-state index contributed by atoms with van der Waals surface area (Å²) in [4.78, 5) is 16.1. The van der Waals surface area contributed by atoms with Crippen LogP contribution >= 0.6 is 0 Å². The fourth-order valence-corrected chi connectivity index (χ4v) is 4.29. The number of ether oxygens (including phenoxy) is 1. The fraction of sp³-hybridized carbons (Fsp3) is 0.611. The second-order valence-electron chi connectivity index (χ2n) is 7.24. The van der Waals surface area contributed by atoms with Crippen molar-refractivity contribution < 1.29 is 27.8 Å². The summed E-state index contributed by atoms with van der Waals surface area (Å²) in [6.45, 7) is 2.53. The summed E-state index contributed by atoms with van der Waals surface area (Å²) < 4.78 is 41.1. The van der Waals surface area contributed by atoms with Gasteiger partial charge in [-0.05, 0) is 57.1 Å². The molecule has 0 unspecified atom stereocenters. The number of fused-ring (bicyclic) bond motifs is 1. The van der Waals surface area contributed by atoms with Gasteiger partial charge in [0, 0.05) is 19.1 Å². The summed E-state index contributed by atoms with van der Waals surface area (Å²) in [6, 6.07) is 5.87. The minimum Gasteiger partial charge on any atom is -0.481 e. The van der Waals surface area contributed by atoms with Gasteiger partial charge in [0.05, 0.1) is 5.41 Å². The van der Waals surface area contributed by atoms with Crippen molar-refractivity contribution in [1.82, 2.24) is 9.80 Å². The van der Waals surface area contributed by atoms with E-state index in [9.17, 15) is 23.1 Å². The van der Waals surface area contributed by atoms with Gasteiger partial charge < -0.3 is 14.7 Å². The van der Waals surface area contributed by atoms with Crippen molar-refractivity contribution in [2.45, 2.75) is 38.2 Å². The Hall–Kier alpha value is -1.80. The van der Waals surface area contributed by atoms with Gasteiger partial charge in [0.1, 0.15) is 5.75 Å². The number of carboxylic acid groups (broad SMARTS) is 1. The van der Waals surface area contributed by atoms with Gasteiger partial charge in [-0.15, -0.1) is 13.2 Å². The Morgan fingerprint density at radius 1 is 1.35 bits per heavy atom. The van der Waals surface area contributed by atoms with Crippen LogP contribution in [-0.2, 0) is 11.3 Å². The monoisotopic (exact) mass is 372 g/mol. The number of alkyl halides is 3. The number of piperidine rings is 2. The van der Waals surface area contributed by atoms with Crippen LogP contribution in [0.4, 0.5) is 13.2 Å². The zero-order valence-electron chi connectivity index (χ0n) is 14.6. The van der Waals surface area contributed by atoms with Crippen molar-refractivity contribution in [3.05, 3.63) is 29.8 Å². The van der Waals surface area contributed by atoms with Crippen LogP contribution in [0.3, 0.4) is 0 Å². The lowest BCUT2D eigenvalue weighted by molar-refractivity contribution is -0.274. The summed E-state index contributed by atoms with van der Waals surface area (Å²) in [7, 11) is 1.95. The van der Waals surface area contributed by atoms with Crippen LogP contribution in [0.2, 0.25) is 0 Å². The Labute approximate surface area is 150 Å².